The maximum absolute atomic E-state index is 9.04. The molecule has 1 fully saturated rings. The normalized spacial score (nSPS) is 30.9. The van der Waals surface area contributed by atoms with Gasteiger partial charge in [0.1, 0.15) is 0 Å². The monoisotopic (exact) mass is 171 g/mol. The molecule has 1 aliphatic carbocycles. The summed E-state index contributed by atoms with van der Waals surface area (Å²) in [6.45, 7) is 2.16. The molecule has 13 heavy (non-hydrogen) atoms. The smallest absolute Gasteiger partial charge is 0.0696 e. The molecular formula is C12H13N. The second-order valence-electron chi connectivity index (χ2n) is 4.04. The summed E-state index contributed by atoms with van der Waals surface area (Å²) in [5.74, 6) is 0.581. The van der Waals surface area contributed by atoms with E-state index in [1.165, 1.54) is 5.56 Å². The fraction of sp³-hybridized carbons (Fsp3) is 0.417. The summed E-state index contributed by atoms with van der Waals surface area (Å²) < 4.78 is 0. The molecule has 1 aromatic rings. The van der Waals surface area contributed by atoms with Crippen molar-refractivity contribution in [3.8, 4) is 6.07 Å². The lowest BCUT2D eigenvalue weighted by atomic mass is 9.96. The third-order valence-corrected chi connectivity index (χ3v) is 3.04. The molecule has 0 radical (unpaired) electrons. The minimum atomic E-state index is -0.0403. The van der Waals surface area contributed by atoms with E-state index in [2.05, 4.69) is 25.1 Å². The van der Waals surface area contributed by atoms with Crippen LogP contribution in [-0.4, -0.2) is 0 Å². The molecular weight excluding hydrogens is 158 g/mol. The largest absolute Gasteiger partial charge is 0.198 e. The standard InChI is InChI=1S/C12H13N/c1-10-7-12(10,9-13)8-11-5-3-2-4-6-11/h2-6,10H,7-8H2,1H3. The molecule has 66 valence electrons. The van der Waals surface area contributed by atoms with E-state index in [4.69, 9.17) is 5.26 Å². The van der Waals surface area contributed by atoms with Crippen LogP contribution >= 0.6 is 0 Å². The fourth-order valence-corrected chi connectivity index (χ4v) is 1.89. The van der Waals surface area contributed by atoms with Crippen LogP contribution in [0.15, 0.2) is 30.3 Å². The van der Waals surface area contributed by atoms with Gasteiger partial charge in [0.25, 0.3) is 0 Å². The van der Waals surface area contributed by atoms with E-state index in [0.717, 1.165) is 12.8 Å². The van der Waals surface area contributed by atoms with Gasteiger partial charge in [0.15, 0.2) is 0 Å². The van der Waals surface area contributed by atoms with E-state index >= 15 is 0 Å². The number of nitrogens with zero attached hydrogens (tertiary/aromatic N) is 1. The minimum absolute atomic E-state index is 0.0403. The number of hydrogen-bond acceptors (Lipinski definition) is 1. The van der Waals surface area contributed by atoms with Gasteiger partial charge in [0, 0.05) is 0 Å². The average molecular weight is 171 g/mol. The van der Waals surface area contributed by atoms with Gasteiger partial charge < -0.3 is 0 Å². The molecule has 1 saturated carbocycles. The van der Waals surface area contributed by atoms with Crippen LogP contribution in [0.1, 0.15) is 18.9 Å². The summed E-state index contributed by atoms with van der Waals surface area (Å²) >= 11 is 0. The molecule has 1 aromatic carbocycles. The van der Waals surface area contributed by atoms with E-state index in [0.29, 0.717) is 5.92 Å². The SMILES string of the molecule is CC1CC1(C#N)Cc1ccccc1. The highest BCUT2D eigenvalue weighted by Gasteiger charge is 2.51. The highest BCUT2D eigenvalue weighted by molar-refractivity contribution is 5.24. The van der Waals surface area contributed by atoms with Crippen LogP contribution in [0, 0.1) is 22.7 Å². The van der Waals surface area contributed by atoms with Crippen molar-refractivity contribution in [1.29, 1.82) is 5.26 Å². The van der Waals surface area contributed by atoms with E-state index in [-0.39, 0.29) is 5.41 Å². The Morgan fingerprint density at radius 2 is 2.08 bits per heavy atom. The molecule has 2 atom stereocenters. The predicted octanol–water partition coefficient (Wildman–Crippen LogP) is 2.78. The molecule has 2 unspecified atom stereocenters. The number of rotatable bonds is 2. The van der Waals surface area contributed by atoms with Crippen LogP contribution in [0.2, 0.25) is 0 Å². The van der Waals surface area contributed by atoms with Crippen molar-refractivity contribution in [2.45, 2.75) is 19.8 Å². The molecule has 0 aromatic heterocycles. The van der Waals surface area contributed by atoms with Gasteiger partial charge in [-0.05, 0) is 24.3 Å². The first kappa shape index (κ1) is 8.31. The van der Waals surface area contributed by atoms with Crippen molar-refractivity contribution < 1.29 is 0 Å². The zero-order chi connectivity index (χ0) is 9.31. The van der Waals surface area contributed by atoms with Gasteiger partial charge in [-0.1, -0.05) is 37.3 Å². The molecule has 0 N–H and O–H groups in total. The Morgan fingerprint density at radius 3 is 2.54 bits per heavy atom. The van der Waals surface area contributed by atoms with E-state index in [1.54, 1.807) is 0 Å². The fourth-order valence-electron chi connectivity index (χ4n) is 1.89. The lowest BCUT2D eigenvalue weighted by Gasteiger charge is -2.06. The zero-order valence-corrected chi connectivity index (χ0v) is 7.83. The van der Waals surface area contributed by atoms with Crippen molar-refractivity contribution in [2.24, 2.45) is 11.3 Å². The molecule has 0 heterocycles. The van der Waals surface area contributed by atoms with Crippen LogP contribution in [-0.2, 0) is 6.42 Å². The van der Waals surface area contributed by atoms with E-state index < -0.39 is 0 Å². The Morgan fingerprint density at radius 1 is 1.46 bits per heavy atom. The Hall–Kier alpha value is -1.29. The quantitative estimate of drug-likeness (QED) is 0.671. The van der Waals surface area contributed by atoms with Gasteiger partial charge in [-0.2, -0.15) is 5.26 Å². The number of benzene rings is 1. The first-order chi connectivity index (χ1) is 6.27. The van der Waals surface area contributed by atoms with Gasteiger partial charge >= 0.3 is 0 Å². The molecule has 0 spiro atoms. The summed E-state index contributed by atoms with van der Waals surface area (Å²) in [7, 11) is 0. The maximum Gasteiger partial charge on any atom is 0.0696 e. The van der Waals surface area contributed by atoms with Crippen molar-refractivity contribution in [3.05, 3.63) is 35.9 Å². The summed E-state index contributed by atoms with van der Waals surface area (Å²) in [5.41, 5.74) is 1.25. The highest BCUT2D eigenvalue weighted by Crippen LogP contribution is 2.53. The minimum Gasteiger partial charge on any atom is -0.198 e. The first-order valence-electron chi connectivity index (χ1n) is 4.72. The molecule has 0 aliphatic heterocycles. The molecule has 2 rings (SSSR count). The van der Waals surface area contributed by atoms with Crippen molar-refractivity contribution in [3.63, 3.8) is 0 Å². The first-order valence-corrected chi connectivity index (χ1v) is 4.72. The van der Waals surface area contributed by atoms with Crippen molar-refractivity contribution in [2.75, 3.05) is 0 Å². The molecule has 1 heteroatoms. The van der Waals surface area contributed by atoms with Gasteiger partial charge in [-0.15, -0.1) is 0 Å². The van der Waals surface area contributed by atoms with E-state index in [9.17, 15) is 0 Å². The lowest BCUT2D eigenvalue weighted by molar-refractivity contribution is 0.602. The van der Waals surface area contributed by atoms with Gasteiger partial charge in [0.2, 0.25) is 0 Å². The zero-order valence-electron chi connectivity index (χ0n) is 7.83. The highest BCUT2D eigenvalue weighted by atomic mass is 14.5. The topological polar surface area (TPSA) is 23.8 Å². The molecule has 0 amide bonds. The summed E-state index contributed by atoms with van der Waals surface area (Å²) in [6.07, 6.45) is 1.99. The average Bonchev–Trinajstić information content (AvgIpc) is 2.79. The van der Waals surface area contributed by atoms with Crippen LogP contribution in [0.25, 0.3) is 0 Å². The van der Waals surface area contributed by atoms with Crippen LogP contribution < -0.4 is 0 Å². The summed E-state index contributed by atoms with van der Waals surface area (Å²) in [4.78, 5) is 0. The lowest BCUT2D eigenvalue weighted by Crippen LogP contribution is -2.03. The van der Waals surface area contributed by atoms with Gasteiger partial charge in [-0.3, -0.25) is 0 Å². The third kappa shape index (κ3) is 1.45. The second kappa shape index (κ2) is 2.88. The Kier molecular flexibility index (Phi) is 1.84. The predicted molar refractivity (Wildman–Crippen MR) is 52.0 cm³/mol. The third-order valence-electron chi connectivity index (χ3n) is 3.04. The van der Waals surface area contributed by atoms with Crippen molar-refractivity contribution in [1.82, 2.24) is 0 Å². The van der Waals surface area contributed by atoms with Crippen molar-refractivity contribution >= 4 is 0 Å². The summed E-state index contributed by atoms with van der Waals surface area (Å²) in [5, 5.41) is 9.04. The van der Waals surface area contributed by atoms with E-state index in [1.807, 2.05) is 18.2 Å². The maximum atomic E-state index is 9.04. The summed E-state index contributed by atoms with van der Waals surface area (Å²) in [6, 6.07) is 12.7. The number of nitriles is 1. The molecule has 1 nitrogen and oxygen atoms in total. The van der Waals surface area contributed by atoms with Crippen LogP contribution in [0.3, 0.4) is 0 Å². The Bertz CT molecular complexity index is 336. The Balaban J connectivity index is 2.12. The Labute approximate surface area is 79.0 Å². The molecule has 0 saturated heterocycles. The van der Waals surface area contributed by atoms with Gasteiger partial charge in [-0.25, -0.2) is 0 Å². The number of hydrogen-bond donors (Lipinski definition) is 0. The second-order valence-corrected chi connectivity index (χ2v) is 4.04. The van der Waals surface area contributed by atoms with Crippen LogP contribution in [0.4, 0.5) is 0 Å². The van der Waals surface area contributed by atoms with Crippen LogP contribution in [0.5, 0.6) is 0 Å². The molecule has 0 bridgehead atoms. The molecule has 1 aliphatic rings. The van der Waals surface area contributed by atoms with Gasteiger partial charge in [0.05, 0.1) is 11.5 Å².